The molecule has 0 radical (unpaired) electrons. The third kappa shape index (κ3) is 18.5. The normalized spacial score (nSPS) is 15.0. The summed E-state index contributed by atoms with van der Waals surface area (Å²) in [5, 5.41) is 45.8. The van der Waals surface area contributed by atoms with E-state index in [0.717, 1.165) is 0 Å². The Balaban J connectivity index is 5.73. The zero-order valence-corrected chi connectivity index (χ0v) is 31.3. The highest BCUT2D eigenvalue weighted by atomic mass is 32.1. The van der Waals surface area contributed by atoms with E-state index < -0.39 is 115 Å². The Labute approximate surface area is 313 Å². The molecule has 0 heterocycles. The van der Waals surface area contributed by atoms with Crippen molar-refractivity contribution in [1.82, 2.24) is 37.2 Å². The molecule has 16 N–H and O–H groups in total. The van der Waals surface area contributed by atoms with E-state index in [-0.39, 0.29) is 25.1 Å². The molecule has 0 aliphatic heterocycles. The van der Waals surface area contributed by atoms with Gasteiger partial charge < -0.3 is 69.7 Å². The van der Waals surface area contributed by atoms with Crippen molar-refractivity contribution >= 4 is 59.9 Å². The predicted molar refractivity (Wildman–Crippen MR) is 195 cm³/mol. The number of hydrogen-bond acceptors (Lipinski definition) is 14. The van der Waals surface area contributed by atoms with Crippen LogP contribution in [0.15, 0.2) is 0 Å². The van der Waals surface area contributed by atoms with Crippen LogP contribution < -0.4 is 54.4 Å². The highest BCUT2D eigenvalue weighted by Crippen LogP contribution is 2.07. The summed E-state index contributed by atoms with van der Waals surface area (Å²) in [5.74, 6) is -8.04. The minimum absolute atomic E-state index is 0.0506. The third-order valence-electron chi connectivity index (χ3n) is 7.79. The molecule has 7 atom stereocenters. The summed E-state index contributed by atoms with van der Waals surface area (Å²) >= 11 is 3.99. The van der Waals surface area contributed by atoms with Gasteiger partial charge in [0.05, 0.1) is 19.8 Å². The van der Waals surface area contributed by atoms with Crippen LogP contribution in [0.25, 0.3) is 0 Å². The van der Waals surface area contributed by atoms with Gasteiger partial charge in [0.1, 0.15) is 42.3 Å². The minimum atomic E-state index is -1.62. The standard InChI is InChI=1S/C31H58N10O11S/c1-16(2)24(41-28(48)21(14-43)39-29(49)22(15-53)36-23(44)12-34)30(50)40-20(13-42)27(47)37-18(8-4-6-10-32)26(46)35-17(3)25(45)38-19(31(51)52)9-5-7-11-33/h16-22,24,42-43,53H,4-15,32-34H2,1-3H3,(H,35,46)(H,36,44)(H,37,47)(H,38,45)(H,39,49)(H,40,50)(H,41,48)(H,51,52)/t17-,18-,19-,20-,21-,22-,24-/m0/s1. The summed E-state index contributed by atoms with van der Waals surface area (Å²) in [6, 6.07) is -9.40. The van der Waals surface area contributed by atoms with E-state index >= 15 is 0 Å². The first-order valence-electron chi connectivity index (χ1n) is 17.3. The number of carbonyl (C=O) groups excluding carboxylic acids is 7. The molecule has 0 rings (SSSR count). The van der Waals surface area contributed by atoms with E-state index in [1.807, 2.05) is 0 Å². The summed E-state index contributed by atoms with van der Waals surface area (Å²) in [6.07, 6.45) is 2.02. The van der Waals surface area contributed by atoms with Crippen LogP contribution in [0.1, 0.15) is 59.3 Å². The Hall–Kier alpha value is -4.09. The van der Waals surface area contributed by atoms with Crippen LogP contribution in [0.4, 0.5) is 0 Å². The predicted octanol–water partition coefficient (Wildman–Crippen LogP) is -5.73. The number of nitrogens with one attached hydrogen (secondary N) is 7. The number of hydrogen-bond donors (Lipinski definition) is 14. The zero-order chi connectivity index (χ0) is 40.7. The first kappa shape index (κ1) is 48.9. The van der Waals surface area contributed by atoms with Gasteiger partial charge in [0.2, 0.25) is 41.4 Å². The fraction of sp³-hybridized carbons (Fsp3) is 0.742. The van der Waals surface area contributed by atoms with Crippen LogP contribution in [0.3, 0.4) is 0 Å². The van der Waals surface area contributed by atoms with Gasteiger partial charge >= 0.3 is 5.97 Å². The highest BCUT2D eigenvalue weighted by molar-refractivity contribution is 7.80. The molecular weight excluding hydrogens is 720 g/mol. The Bertz CT molecular complexity index is 1230. The maximum absolute atomic E-state index is 13.3. The molecule has 0 saturated carbocycles. The third-order valence-corrected chi connectivity index (χ3v) is 8.16. The molecular formula is C31H58N10O11S. The molecule has 0 fully saturated rings. The van der Waals surface area contributed by atoms with Gasteiger partial charge in [0.25, 0.3) is 0 Å². The zero-order valence-electron chi connectivity index (χ0n) is 30.4. The fourth-order valence-corrected chi connectivity index (χ4v) is 4.88. The van der Waals surface area contributed by atoms with Crippen molar-refractivity contribution in [3.8, 4) is 0 Å². The lowest BCUT2D eigenvalue weighted by molar-refractivity contribution is -0.142. The van der Waals surface area contributed by atoms with Gasteiger partial charge in [0.15, 0.2) is 0 Å². The first-order valence-corrected chi connectivity index (χ1v) is 17.9. The quantitative estimate of drug-likeness (QED) is 0.0273. The molecule has 21 nitrogen and oxygen atoms in total. The molecule has 7 amide bonds. The van der Waals surface area contributed by atoms with Crippen LogP contribution in [-0.2, 0) is 38.4 Å². The average Bonchev–Trinajstić information content (AvgIpc) is 3.12. The Morgan fingerprint density at radius 2 is 0.981 bits per heavy atom. The van der Waals surface area contributed by atoms with Gasteiger partial charge in [-0.1, -0.05) is 13.8 Å². The van der Waals surface area contributed by atoms with Crippen LogP contribution in [0, 0.1) is 5.92 Å². The topological polar surface area (TPSA) is 360 Å². The number of rotatable bonds is 27. The van der Waals surface area contributed by atoms with Crippen molar-refractivity contribution in [2.45, 2.75) is 102 Å². The molecule has 0 bridgehead atoms. The second kappa shape index (κ2) is 26.6. The van der Waals surface area contributed by atoms with Gasteiger partial charge in [-0.2, -0.15) is 12.6 Å². The molecule has 22 heteroatoms. The van der Waals surface area contributed by atoms with Gasteiger partial charge in [-0.3, -0.25) is 33.6 Å². The van der Waals surface area contributed by atoms with Gasteiger partial charge in [-0.05, 0) is 64.5 Å². The molecule has 0 aliphatic rings. The number of aliphatic hydroxyl groups is 2. The van der Waals surface area contributed by atoms with Crippen LogP contribution in [0.5, 0.6) is 0 Å². The lowest BCUT2D eigenvalue weighted by Gasteiger charge is -2.28. The monoisotopic (exact) mass is 778 g/mol. The maximum atomic E-state index is 13.3. The number of carbonyl (C=O) groups is 8. The van der Waals surface area contributed by atoms with E-state index in [2.05, 4.69) is 49.8 Å². The number of carboxylic acids is 1. The van der Waals surface area contributed by atoms with Crippen molar-refractivity contribution in [2.24, 2.45) is 23.1 Å². The van der Waals surface area contributed by atoms with Crippen molar-refractivity contribution in [1.29, 1.82) is 0 Å². The Morgan fingerprint density at radius 3 is 1.43 bits per heavy atom. The molecule has 0 saturated heterocycles. The van der Waals surface area contributed by atoms with E-state index in [0.29, 0.717) is 32.2 Å². The van der Waals surface area contributed by atoms with E-state index in [9.17, 15) is 53.7 Å². The summed E-state index contributed by atoms with van der Waals surface area (Å²) < 4.78 is 0. The number of unbranched alkanes of at least 4 members (excludes halogenated alkanes) is 2. The number of nitrogens with two attached hydrogens (primary N) is 3. The lowest BCUT2D eigenvalue weighted by atomic mass is 10.0. The second-order valence-electron chi connectivity index (χ2n) is 12.5. The first-order chi connectivity index (χ1) is 25.0. The number of amides is 7. The second-order valence-corrected chi connectivity index (χ2v) is 12.8. The molecule has 0 unspecified atom stereocenters. The van der Waals surface area contributed by atoms with Gasteiger partial charge in [-0.15, -0.1) is 0 Å². The number of thiol groups is 1. The summed E-state index contributed by atoms with van der Waals surface area (Å²) in [6.45, 7) is 2.83. The lowest BCUT2D eigenvalue weighted by Crippen LogP contribution is -2.61. The van der Waals surface area contributed by atoms with E-state index in [4.69, 9.17) is 17.2 Å². The molecule has 0 aromatic carbocycles. The van der Waals surface area contributed by atoms with Crippen molar-refractivity contribution in [3.63, 3.8) is 0 Å². The average molecular weight is 779 g/mol. The Kier molecular flexibility index (Phi) is 24.6. The molecule has 53 heavy (non-hydrogen) atoms. The van der Waals surface area contributed by atoms with Crippen LogP contribution >= 0.6 is 12.6 Å². The summed E-state index contributed by atoms with van der Waals surface area (Å²) in [4.78, 5) is 101. The van der Waals surface area contributed by atoms with E-state index in [1.165, 1.54) is 6.92 Å². The summed E-state index contributed by atoms with van der Waals surface area (Å²) in [5.41, 5.74) is 16.3. The van der Waals surface area contributed by atoms with Crippen LogP contribution in [0.2, 0.25) is 0 Å². The number of aliphatic hydroxyl groups excluding tert-OH is 2. The van der Waals surface area contributed by atoms with Crippen molar-refractivity contribution < 1.29 is 53.7 Å². The molecule has 0 aliphatic carbocycles. The maximum Gasteiger partial charge on any atom is 0.326 e. The van der Waals surface area contributed by atoms with E-state index in [1.54, 1.807) is 13.8 Å². The number of carboxylic acid groups (broad SMARTS) is 1. The fourth-order valence-electron chi connectivity index (χ4n) is 4.62. The van der Waals surface area contributed by atoms with Crippen molar-refractivity contribution in [2.75, 3.05) is 38.6 Å². The summed E-state index contributed by atoms with van der Waals surface area (Å²) in [7, 11) is 0. The molecule has 0 aromatic rings. The van der Waals surface area contributed by atoms with Gasteiger partial charge in [0, 0.05) is 5.75 Å². The minimum Gasteiger partial charge on any atom is -0.480 e. The van der Waals surface area contributed by atoms with Gasteiger partial charge in [-0.25, -0.2) is 4.79 Å². The molecule has 0 aromatic heterocycles. The Morgan fingerprint density at radius 1 is 0.547 bits per heavy atom. The van der Waals surface area contributed by atoms with Crippen LogP contribution in [-0.4, -0.2) is 144 Å². The molecule has 0 spiro atoms. The molecule has 304 valence electrons. The smallest absolute Gasteiger partial charge is 0.326 e. The number of aliphatic carboxylic acids is 1. The van der Waals surface area contributed by atoms with Crippen molar-refractivity contribution in [3.05, 3.63) is 0 Å². The largest absolute Gasteiger partial charge is 0.480 e. The SMILES string of the molecule is CC(C)[C@H](NC(=O)[C@H](CO)NC(=O)[C@H](CS)NC(=O)CN)C(=O)N[C@@H](CO)C(=O)N[C@@H](CCCCN)C(=O)N[C@@H](C)C(=O)N[C@@H](CCCCN)C(=O)O. The highest BCUT2D eigenvalue weighted by Gasteiger charge is 2.34.